The average Bonchev–Trinajstić information content (AvgIpc) is 2.91. The van der Waals surface area contributed by atoms with Crippen LogP contribution < -0.4 is 5.32 Å². The molecule has 2 bridgehead atoms. The van der Waals surface area contributed by atoms with Crippen molar-refractivity contribution in [1.29, 1.82) is 0 Å². The molecule has 3 nitrogen and oxygen atoms in total. The van der Waals surface area contributed by atoms with E-state index in [4.69, 9.17) is 0 Å². The summed E-state index contributed by atoms with van der Waals surface area (Å²) in [6, 6.07) is 1.15. The van der Waals surface area contributed by atoms with Crippen LogP contribution >= 0.6 is 11.3 Å². The summed E-state index contributed by atoms with van der Waals surface area (Å²) in [6.07, 6.45) is 5.82. The molecule has 3 fully saturated rings. The molecule has 0 aromatic carbocycles. The molecule has 0 spiro atoms. The maximum absolute atomic E-state index is 4.46. The number of hydrogen-bond donors (Lipinski definition) is 1. The Morgan fingerprint density at radius 3 is 2.88 bits per heavy atom. The van der Waals surface area contributed by atoms with Gasteiger partial charge in [-0.25, -0.2) is 4.98 Å². The molecule has 0 aliphatic carbocycles. The van der Waals surface area contributed by atoms with Crippen molar-refractivity contribution in [2.45, 2.75) is 38.3 Å². The van der Waals surface area contributed by atoms with E-state index < -0.39 is 0 Å². The predicted molar refractivity (Wildman–Crippen MR) is 71.2 cm³/mol. The van der Waals surface area contributed by atoms with E-state index in [0.29, 0.717) is 12.1 Å². The van der Waals surface area contributed by atoms with Crippen LogP contribution in [0.25, 0.3) is 0 Å². The Morgan fingerprint density at radius 2 is 2.35 bits per heavy atom. The van der Waals surface area contributed by atoms with Crippen molar-refractivity contribution >= 4 is 11.3 Å². The van der Waals surface area contributed by atoms with E-state index in [2.05, 4.69) is 27.5 Å². The molecule has 4 rings (SSSR count). The van der Waals surface area contributed by atoms with Gasteiger partial charge in [-0.3, -0.25) is 0 Å². The number of hydrogen-bond acceptors (Lipinski definition) is 4. The van der Waals surface area contributed by atoms with Gasteiger partial charge >= 0.3 is 0 Å². The summed E-state index contributed by atoms with van der Waals surface area (Å²) < 4.78 is 0. The van der Waals surface area contributed by atoms with E-state index in [1.165, 1.54) is 37.5 Å². The summed E-state index contributed by atoms with van der Waals surface area (Å²) in [5.74, 6) is 0.897. The normalized spacial score (nSPS) is 33.8. The van der Waals surface area contributed by atoms with Gasteiger partial charge in [-0.15, -0.1) is 11.3 Å². The molecular formula is C13H21N3S. The number of piperidine rings is 3. The fourth-order valence-corrected chi connectivity index (χ4v) is 3.96. The Balaban J connectivity index is 1.65. The van der Waals surface area contributed by atoms with Gasteiger partial charge in [0.25, 0.3) is 0 Å². The Hall–Kier alpha value is -0.450. The molecule has 3 aliphatic rings. The number of rotatable bonds is 4. The second-order valence-electron chi connectivity index (χ2n) is 5.24. The number of thiazole rings is 1. The molecule has 4 heteroatoms. The lowest BCUT2D eigenvalue weighted by Crippen LogP contribution is -2.56. The summed E-state index contributed by atoms with van der Waals surface area (Å²) in [7, 11) is 0. The second-order valence-corrected chi connectivity index (χ2v) is 6.17. The van der Waals surface area contributed by atoms with Crippen LogP contribution in [0, 0.1) is 5.92 Å². The maximum Gasteiger partial charge on any atom is 0.109 e. The fourth-order valence-electron chi connectivity index (χ4n) is 3.18. The first kappa shape index (κ1) is 11.6. The summed E-state index contributed by atoms with van der Waals surface area (Å²) >= 11 is 1.78. The van der Waals surface area contributed by atoms with E-state index in [1.54, 1.807) is 11.3 Å². The largest absolute Gasteiger partial charge is 0.304 e. The minimum Gasteiger partial charge on any atom is -0.304 e. The quantitative estimate of drug-likeness (QED) is 0.890. The third kappa shape index (κ3) is 2.39. The van der Waals surface area contributed by atoms with Gasteiger partial charge in [0.1, 0.15) is 5.01 Å². The van der Waals surface area contributed by atoms with Gasteiger partial charge in [0, 0.05) is 24.2 Å². The molecule has 1 N–H and O–H groups in total. The minimum absolute atomic E-state index is 0.459. The van der Waals surface area contributed by atoms with Crippen LogP contribution in [-0.2, 0) is 0 Å². The Labute approximate surface area is 107 Å². The van der Waals surface area contributed by atoms with Gasteiger partial charge in [-0.05, 0) is 38.3 Å². The van der Waals surface area contributed by atoms with Crippen LogP contribution in [0.3, 0.4) is 0 Å². The van der Waals surface area contributed by atoms with Gasteiger partial charge in [-0.2, -0.15) is 0 Å². The summed E-state index contributed by atoms with van der Waals surface area (Å²) in [6.45, 7) is 6.13. The number of fused-ring (bicyclic) bond motifs is 3. The van der Waals surface area contributed by atoms with E-state index in [1.807, 2.05) is 6.20 Å². The molecule has 3 saturated heterocycles. The highest BCUT2D eigenvalue weighted by molar-refractivity contribution is 7.09. The molecule has 94 valence electrons. The Morgan fingerprint density at radius 1 is 1.53 bits per heavy atom. The van der Waals surface area contributed by atoms with Gasteiger partial charge in [0.05, 0.1) is 6.04 Å². The molecular weight excluding hydrogens is 230 g/mol. The second kappa shape index (κ2) is 5.04. The van der Waals surface area contributed by atoms with Crippen LogP contribution in [-0.4, -0.2) is 35.6 Å². The topological polar surface area (TPSA) is 28.2 Å². The van der Waals surface area contributed by atoms with Gasteiger partial charge in [0.15, 0.2) is 0 Å². The Bertz CT molecular complexity index is 344. The number of aromatic nitrogens is 1. The fraction of sp³-hybridized carbons (Fsp3) is 0.769. The zero-order valence-corrected chi connectivity index (χ0v) is 11.2. The van der Waals surface area contributed by atoms with Crippen molar-refractivity contribution in [3.05, 3.63) is 16.6 Å². The van der Waals surface area contributed by atoms with Gasteiger partial charge < -0.3 is 10.2 Å². The molecule has 2 unspecified atom stereocenters. The van der Waals surface area contributed by atoms with E-state index in [0.717, 1.165) is 12.3 Å². The predicted octanol–water partition coefficient (Wildman–Crippen LogP) is 2.28. The van der Waals surface area contributed by atoms with Gasteiger partial charge in [0.2, 0.25) is 0 Å². The van der Waals surface area contributed by atoms with Crippen molar-refractivity contribution in [2.75, 3.05) is 19.6 Å². The smallest absolute Gasteiger partial charge is 0.109 e. The number of nitrogens with one attached hydrogen (secondary N) is 1. The van der Waals surface area contributed by atoms with Gasteiger partial charge in [-0.1, -0.05) is 6.92 Å². The van der Waals surface area contributed by atoms with E-state index >= 15 is 0 Å². The molecule has 3 aliphatic heterocycles. The average molecular weight is 251 g/mol. The molecule has 1 aromatic rings. The maximum atomic E-state index is 4.46. The van der Waals surface area contributed by atoms with E-state index in [9.17, 15) is 0 Å². The lowest BCUT2D eigenvalue weighted by Gasteiger charge is -2.46. The summed E-state index contributed by atoms with van der Waals surface area (Å²) in [4.78, 5) is 7.06. The monoisotopic (exact) mass is 251 g/mol. The third-order valence-corrected chi connectivity index (χ3v) is 5.12. The van der Waals surface area contributed by atoms with Crippen molar-refractivity contribution in [2.24, 2.45) is 5.92 Å². The highest BCUT2D eigenvalue weighted by Gasteiger charge is 2.35. The van der Waals surface area contributed by atoms with Crippen molar-refractivity contribution < 1.29 is 0 Å². The molecule has 4 heterocycles. The lowest BCUT2D eigenvalue weighted by molar-refractivity contribution is 0.0666. The van der Waals surface area contributed by atoms with Crippen molar-refractivity contribution in [3.63, 3.8) is 0 Å². The SMILES string of the molecule is CCC(NC1CN2CCC1CC2)c1nccs1. The van der Waals surface area contributed by atoms with Crippen molar-refractivity contribution in [1.82, 2.24) is 15.2 Å². The standard InChI is InChI=1S/C13H21N3S/c1-2-11(13-14-5-8-17-13)15-12-9-16-6-3-10(12)4-7-16/h5,8,10-12,15H,2-4,6-7,9H2,1H3. The van der Waals surface area contributed by atoms with Crippen LogP contribution in [0.1, 0.15) is 37.2 Å². The van der Waals surface area contributed by atoms with Crippen LogP contribution in [0.5, 0.6) is 0 Å². The van der Waals surface area contributed by atoms with Crippen LogP contribution in [0.4, 0.5) is 0 Å². The van der Waals surface area contributed by atoms with Crippen molar-refractivity contribution in [3.8, 4) is 0 Å². The highest BCUT2D eigenvalue weighted by Crippen LogP contribution is 2.30. The van der Waals surface area contributed by atoms with Crippen LogP contribution in [0.15, 0.2) is 11.6 Å². The van der Waals surface area contributed by atoms with E-state index in [-0.39, 0.29) is 0 Å². The molecule has 0 saturated carbocycles. The molecule has 0 amide bonds. The molecule has 2 atom stereocenters. The first-order chi connectivity index (χ1) is 8.36. The summed E-state index contributed by atoms with van der Waals surface area (Å²) in [5.41, 5.74) is 0. The molecule has 0 radical (unpaired) electrons. The Kier molecular flexibility index (Phi) is 3.45. The molecule has 17 heavy (non-hydrogen) atoms. The minimum atomic E-state index is 0.459. The lowest BCUT2D eigenvalue weighted by atomic mass is 9.83. The third-order valence-electron chi connectivity index (χ3n) is 4.23. The first-order valence-corrected chi connectivity index (χ1v) is 7.62. The zero-order valence-electron chi connectivity index (χ0n) is 10.4. The van der Waals surface area contributed by atoms with Crippen LogP contribution in [0.2, 0.25) is 0 Å². The molecule has 1 aromatic heterocycles. The summed E-state index contributed by atoms with van der Waals surface area (Å²) in [5, 5.41) is 7.18. The highest BCUT2D eigenvalue weighted by atomic mass is 32.1. The number of nitrogens with zero attached hydrogens (tertiary/aromatic N) is 2. The first-order valence-electron chi connectivity index (χ1n) is 6.74. The zero-order chi connectivity index (χ0) is 11.7.